The first-order valence-corrected chi connectivity index (χ1v) is 9.94. The number of H-pyrrole nitrogens is 1. The van der Waals surface area contributed by atoms with E-state index < -0.39 is 29.4 Å². The third-order valence-electron chi connectivity index (χ3n) is 4.68. The summed E-state index contributed by atoms with van der Waals surface area (Å²) in [5.74, 6) is 2.88. The monoisotopic (exact) mass is 470 g/mol. The predicted molar refractivity (Wildman–Crippen MR) is 119 cm³/mol. The van der Waals surface area contributed by atoms with Crippen LogP contribution in [0.2, 0.25) is 0 Å². The number of methoxy groups -OCH3 is 1. The van der Waals surface area contributed by atoms with Gasteiger partial charge in [0.25, 0.3) is 11.5 Å². The van der Waals surface area contributed by atoms with E-state index in [0.717, 1.165) is 0 Å². The molecule has 0 spiro atoms. The highest BCUT2D eigenvalue weighted by Gasteiger charge is 2.23. The van der Waals surface area contributed by atoms with Gasteiger partial charge in [-0.15, -0.1) is 0 Å². The van der Waals surface area contributed by atoms with Crippen molar-refractivity contribution in [1.29, 1.82) is 0 Å². The van der Waals surface area contributed by atoms with Crippen LogP contribution in [0.25, 0.3) is 11.2 Å². The highest BCUT2D eigenvalue weighted by atomic mass is 16.7. The van der Waals surface area contributed by atoms with Gasteiger partial charge in [0, 0.05) is 17.7 Å². The van der Waals surface area contributed by atoms with Crippen LogP contribution in [0.5, 0.6) is 0 Å². The van der Waals surface area contributed by atoms with Crippen LogP contribution >= 0.6 is 0 Å². The van der Waals surface area contributed by atoms with Crippen LogP contribution in [-0.2, 0) is 25.7 Å². The topological polar surface area (TPSA) is 217 Å². The summed E-state index contributed by atoms with van der Waals surface area (Å²) in [4.78, 5) is 66.4. The van der Waals surface area contributed by atoms with Gasteiger partial charge in [0.15, 0.2) is 11.2 Å². The normalized spacial score (nSPS) is 11.5. The van der Waals surface area contributed by atoms with E-state index in [4.69, 9.17) is 11.6 Å². The number of aromatic nitrogens is 4. The number of nitrogens with zero attached hydrogens (tertiary/aromatic N) is 3. The van der Waals surface area contributed by atoms with E-state index in [1.54, 1.807) is 12.1 Å². The third-order valence-corrected chi connectivity index (χ3v) is 4.68. The molecular weight excluding hydrogens is 448 g/mol. The van der Waals surface area contributed by atoms with E-state index in [0.29, 0.717) is 11.4 Å². The molecule has 34 heavy (non-hydrogen) atoms. The summed E-state index contributed by atoms with van der Waals surface area (Å²) in [6.07, 6.45) is 1.33. The second-order valence-corrected chi connectivity index (χ2v) is 6.99. The molecule has 0 bridgehead atoms. The maximum Gasteiger partial charge on any atom is 0.347 e. The molecule has 3 aromatic rings. The number of fused-ring (bicyclic) bond motifs is 1. The molecule has 2 heterocycles. The second kappa shape index (κ2) is 10.8. The quantitative estimate of drug-likeness (QED) is 0.195. The molecule has 0 aliphatic rings. The van der Waals surface area contributed by atoms with Gasteiger partial charge in [-0.05, 0) is 30.7 Å². The zero-order chi connectivity index (χ0) is 24.7. The summed E-state index contributed by atoms with van der Waals surface area (Å²) < 4.78 is 4.53. The number of nitrogens with one attached hydrogen (secondary N) is 3. The van der Waals surface area contributed by atoms with Gasteiger partial charge in [-0.3, -0.25) is 19.4 Å². The van der Waals surface area contributed by atoms with Crippen molar-refractivity contribution in [1.82, 2.24) is 25.3 Å². The predicted octanol–water partition coefficient (Wildman–Crippen LogP) is -0.624. The fourth-order valence-corrected chi connectivity index (χ4v) is 2.93. The molecule has 1 aromatic carbocycles. The van der Waals surface area contributed by atoms with Crippen molar-refractivity contribution >= 4 is 40.6 Å². The van der Waals surface area contributed by atoms with Gasteiger partial charge in [0.1, 0.15) is 6.04 Å². The van der Waals surface area contributed by atoms with Crippen molar-refractivity contribution in [3.63, 3.8) is 0 Å². The van der Waals surface area contributed by atoms with Gasteiger partial charge in [-0.25, -0.2) is 14.8 Å². The number of carbonyl (C=O) groups is 3. The number of anilines is 2. The van der Waals surface area contributed by atoms with Crippen molar-refractivity contribution < 1.29 is 24.0 Å². The minimum atomic E-state index is -1.12. The molecule has 3 rings (SSSR count). The molecule has 14 heteroatoms. The Morgan fingerprint density at radius 2 is 1.91 bits per heavy atom. The first-order chi connectivity index (χ1) is 16.3. The Balaban J connectivity index is 1.62. The Labute approximate surface area is 192 Å². The molecule has 0 saturated carbocycles. The maximum atomic E-state index is 12.5. The van der Waals surface area contributed by atoms with Crippen LogP contribution in [-0.4, -0.2) is 50.9 Å². The molecule has 14 nitrogen and oxygen atoms in total. The van der Waals surface area contributed by atoms with E-state index in [1.807, 2.05) is 0 Å². The number of carbonyl (C=O) groups excluding carboxylic acids is 3. The molecule has 0 aliphatic carbocycles. The van der Waals surface area contributed by atoms with Gasteiger partial charge in [-0.1, -0.05) is 0 Å². The number of benzene rings is 1. The summed E-state index contributed by atoms with van der Waals surface area (Å²) in [6.45, 7) is 0.246. The van der Waals surface area contributed by atoms with Crippen molar-refractivity contribution in [3.8, 4) is 0 Å². The first kappa shape index (κ1) is 24.1. The van der Waals surface area contributed by atoms with Gasteiger partial charge in [0.05, 0.1) is 25.5 Å². The first-order valence-electron chi connectivity index (χ1n) is 9.94. The number of hydrogen-bond acceptors (Lipinski definition) is 12. The van der Waals surface area contributed by atoms with Gasteiger partial charge < -0.3 is 25.9 Å². The Kier molecular flexibility index (Phi) is 7.66. The lowest BCUT2D eigenvalue weighted by atomic mass is 10.1. The van der Waals surface area contributed by atoms with E-state index in [2.05, 4.69) is 40.1 Å². The molecule has 0 unspecified atom stereocenters. The van der Waals surface area contributed by atoms with Gasteiger partial charge in [-0.2, -0.15) is 10.9 Å². The summed E-state index contributed by atoms with van der Waals surface area (Å²) in [7, 11) is 1.21. The standard InChI is InChI=1S/C20H22N8O6/c1-33-14(29)7-6-13(19(32)34-22)26-17(30)10-2-4-11(5-3-10)23-8-12-9-24-16-15(25-12)18(31)28-20(21)27-16/h2-5,9,13,23H,6-8,22H2,1H3,(H,26,30)(H3,21,24,27,28,31)/t13-/m0/s1. The lowest BCUT2D eigenvalue weighted by Gasteiger charge is -2.15. The second-order valence-electron chi connectivity index (χ2n) is 6.99. The van der Waals surface area contributed by atoms with E-state index in [1.165, 1.54) is 25.4 Å². The molecule has 2 aromatic heterocycles. The third kappa shape index (κ3) is 6.01. The molecule has 0 fully saturated rings. The Hall–Kier alpha value is -4.59. The lowest BCUT2D eigenvalue weighted by molar-refractivity contribution is -0.147. The van der Waals surface area contributed by atoms with E-state index >= 15 is 0 Å². The van der Waals surface area contributed by atoms with Crippen molar-refractivity contribution in [2.24, 2.45) is 5.90 Å². The molecule has 1 atom stereocenters. The zero-order valence-corrected chi connectivity index (χ0v) is 18.0. The van der Waals surface area contributed by atoms with E-state index in [9.17, 15) is 19.2 Å². The number of aromatic amines is 1. The molecule has 0 saturated heterocycles. The molecular formula is C20H22N8O6. The highest BCUT2D eigenvalue weighted by Crippen LogP contribution is 2.12. The van der Waals surface area contributed by atoms with Crippen LogP contribution in [0.15, 0.2) is 35.3 Å². The summed E-state index contributed by atoms with van der Waals surface area (Å²) >= 11 is 0. The number of esters is 1. The summed E-state index contributed by atoms with van der Waals surface area (Å²) in [5.41, 5.74) is 6.62. The van der Waals surface area contributed by atoms with Gasteiger partial charge in [0.2, 0.25) is 5.95 Å². The number of ether oxygens (including phenoxy) is 1. The summed E-state index contributed by atoms with van der Waals surface area (Å²) in [5, 5.41) is 5.58. The number of amides is 1. The summed E-state index contributed by atoms with van der Waals surface area (Å²) in [6, 6.07) is 5.24. The highest BCUT2D eigenvalue weighted by molar-refractivity contribution is 5.97. The Morgan fingerprint density at radius 3 is 2.59 bits per heavy atom. The van der Waals surface area contributed by atoms with Crippen LogP contribution < -0.4 is 27.8 Å². The van der Waals surface area contributed by atoms with Crippen molar-refractivity contribution in [3.05, 3.63) is 52.1 Å². The molecule has 7 N–H and O–H groups in total. The number of nitrogens with two attached hydrogens (primary N) is 2. The Bertz CT molecular complexity index is 1260. The molecule has 0 aliphatic heterocycles. The SMILES string of the molecule is COC(=O)CC[C@H](NC(=O)c1ccc(NCc2cnc3nc(N)[nH]c(=O)c3n2)cc1)C(=O)ON. The van der Waals surface area contributed by atoms with Crippen molar-refractivity contribution in [2.75, 3.05) is 18.2 Å². The smallest absolute Gasteiger partial charge is 0.347 e. The number of hydrogen-bond donors (Lipinski definition) is 5. The maximum absolute atomic E-state index is 12.5. The van der Waals surface area contributed by atoms with E-state index in [-0.39, 0.29) is 42.1 Å². The van der Waals surface area contributed by atoms with Gasteiger partial charge >= 0.3 is 11.9 Å². The van der Waals surface area contributed by atoms with Crippen LogP contribution in [0.1, 0.15) is 28.9 Å². The zero-order valence-electron chi connectivity index (χ0n) is 18.0. The lowest BCUT2D eigenvalue weighted by Crippen LogP contribution is -2.43. The minimum absolute atomic E-state index is 0.0359. The fraction of sp³-hybridized carbons (Fsp3) is 0.250. The van der Waals surface area contributed by atoms with Crippen LogP contribution in [0, 0.1) is 0 Å². The molecule has 178 valence electrons. The van der Waals surface area contributed by atoms with Crippen LogP contribution in [0.4, 0.5) is 11.6 Å². The number of nitrogen functional groups attached to an aromatic ring is 1. The molecule has 1 amide bonds. The molecule has 0 radical (unpaired) electrons. The largest absolute Gasteiger partial charge is 0.469 e. The number of rotatable bonds is 9. The average molecular weight is 470 g/mol. The average Bonchev–Trinajstić information content (AvgIpc) is 2.84. The van der Waals surface area contributed by atoms with Crippen molar-refractivity contribution in [2.45, 2.75) is 25.4 Å². The minimum Gasteiger partial charge on any atom is -0.469 e. The fourth-order valence-electron chi connectivity index (χ4n) is 2.93. The Morgan fingerprint density at radius 1 is 1.18 bits per heavy atom. The van der Waals surface area contributed by atoms with Crippen LogP contribution in [0.3, 0.4) is 0 Å².